The average Bonchev–Trinajstić information content (AvgIpc) is 2.72. The first-order chi connectivity index (χ1) is 15.2. The molecule has 0 aromatic heterocycles. The van der Waals surface area contributed by atoms with Crippen LogP contribution in [0.5, 0.6) is 0 Å². The van der Waals surface area contributed by atoms with Crippen LogP contribution in [0.2, 0.25) is 0 Å². The van der Waals surface area contributed by atoms with Gasteiger partial charge in [0.15, 0.2) is 0 Å². The van der Waals surface area contributed by atoms with Crippen molar-refractivity contribution in [1.82, 2.24) is 21.3 Å². The lowest BCUT2D eigenvalue weighted by atomic mass is 10.1. The predicted molar refractivity (Wildman–Crippen MR) is 123 cm³/mol. The van der Waals surface area contributed by atoms with Gasteiger partial charge >= 0.3 is 5.97 Å². The third-order valence-electron chi connectivity index (χ3n) is 4.79. The molecule has 0 aromatic rings. The fraction of sp³-hybridized carbons (Fsp3) is 0.650. The van der Waals surface area contributed by atoms with E-state index in [9.17, 15) is 24.0 Å². The fourth-order valence-corrected chi connectivity index (χ4v) is 5.16. The fourth-order valence-electron chi connectivity index (χ4n) is 2.89. The Morgan fingerprint density at radius 3 is 2.25 bits per heavy atom. The summed E-state index contributed by atoms with van der Waals surface area (Å²) in [7, 11) is 3.03. The molecule has 0 aliphatic carbocycles. The summed E-state index contributed by atoms with van der Waals surface area (Å²) in [6, 6.07) is -3.72. The maximum absolute atomic E-state index is 12.8. The number of hydrogen-bond acceptors (Lipinski definition) is 8. The number of rotatable bonds is 0. The van der Waals surface area contributed by atoms with Crippen LogP contribution in [-0.4, -0.2) is 71.4 Å². The van der Waals surface area contributed by atoms with Crippen molar-refractivity contribution in [2.24, 2.45) is 0 Å². The Bertz CT molecular complexity index is 762. The van der Waals surface area contributed by atoms with E-state index in [1.807, 2.05) is 6.08 Å². The monoisotopic (exact) mass is 486 g/mol. The molecule has 1 saturated heterocycles. The number of amides is 4. The van der Waals surface area contributed by atoms with Gasteiger partial charge in [-0.1, -0.05) is 27.7 Å². The maximum Gasteiger partial charge on any atom is 0.328 e. The standard InChI is InChI=1S/C20H30N4O6S2/c1-11-18(27)24-15-10-32-31-8-6-4-5-7-14(9-16(25)21-11)30-20(29)13(3)23-17(26)12(2)22-19(15)28/h5,7,11-15H,4,6,8-10H2,1-3H3,(H,21,25)(H,22,28)(H,23,26)(H,24,27)/b7-5+. The number of nitrogens with one attached hydrogen (secondary N) is 4. The summed E-state index contributed by atoms with van der Waals surface area (Å²) in [4.78, 5) is 62.8. The van der Waals surface area contributed by atoms with E-state index < -0.39 is 59.9 Å². The Morgan fingerprint density at radius 2 is 1.50 bits per heavy atom. The largest absolute Gasteiger partial charge is 0.456 e. The minimum Gasteiger partial charge on any atom is -0.456 e. The smallest absolute Gasteiger partial charge is 0.328 e. The van der Waals surface area contributed by atoms with Crippen molar-refractivity contribution in [1.29, 1.82) is 0 Å². The van der Waals surface area contributed by atoms with E-state index in [0.29, 0.717) is 0 Å². The molecular formula is C20H30N4O6S2. The zero-order chi connectivity index (χ0) is 23.7. The maximum atomic E-state index is 12.8. The van der Waals surface area contributed by atoms with E-state index in [0.717, 1.165) is 18.6 Å². The van der Waals surface area contributed by atoms with Crippen molar-refractivity contribution < 1.29 is 28.7 Å². The molecule has 0 radical (unpaired) electrons. The molecule has 2 aliphatic heterocycles. The van der Waals surface area contributed by atoms with E-state index in [1.165, 1.54) is 31.6 Å². The van der Waals surface area contributed by atoms with Gasteiger partial charge < -0.3 is 26.0 Å². The van der Waals surface area contributed by atoms with Gasteiger partial charge in [-0.2, -0.15) is 0 Å². The van der Waals surface area contributed by atoms with Gasteiger partial charge in [0, 0.05) is 11.5 Å². The third-order valence-corrected chi connectivity index (χ3v) is 7.29. The van der Waals surface area contributed by atoms with E-state index >= 15 is 0 Å². The first-order valence-corrected chi connectivity index (χ1v) is 13.0. The molecule has 2 rings (SSSR count). The van der Waals surface area contributed by atoms with Crippen LogP contribution < -0.4 is 21.3 Å². The number of esters is 1. The highest BCUT2D eigenvalue weighted by molar-refractivity contribution is 8.76. The van der Waals surface area contributed by atoms with Crippen molar-refractivity contribution in [2.45, 2.75) is 70.3 Å². The molecule has 2 bridgehead atoms. The molecule has 10 nitrogen and oxygen atoms in total. The summed E-state index contributed by atoms with van der Waals surface area (Å²) in [6.45, 7) is 4.46. The molecule has 1 fully saturated rings. The van der Waals surface area contributed by atoms with Crippen molar-refractivity contribution in [2.75, 3.05) is 11.5 Å². The molecule has 4 N–H and O–H groups in total. The van der Waals surface area contributed by atoms with Gasteiger partial charge in [0.1, 0.15) is 30.3 Å². The van der Waals surface area contributed by atoms with Crippen LogP contribution in [0, 0.1) is 0 Å². The van der Waals surface area contributed by atoms with Gasteiger partial charge in [0.2, 0.25) is 23.6 Å². The summed E-state index contributed by atoms with van der Waals surface area (Å²) in [6.07, 6.45) is 4.07. The zero-order valence-corrected chi connectivity index (χ0v) is 20.0. The molecule has 4 amide bonds. The highest BCUT2D eigenvalue weighted by Gasteiger charge is 2.30. The summed E-state index contributed by atoms with van der Waals surface area (Å²) < 4.78 is 5.44. The number of hydrogen-bond donors (Lipinski definition) is 4. The molecular weight excluding hydrogens is 456 g/mol. The lowest BCUT2D eigenvalue weighted by Crippen LogP contribution is -2.57. The Labute approximate surface area is 195 Å². The van der Waals surface area contributed by atoms with Crippen molar-refractivity contribution in [3.05, 3.63) is 12.2 Å². The van der Waals surface area contributed by atoms with Crippen LogP contribution in [-0.2, 0) is 28.7 Å². The first-order valence-electron chi connectivity index (χ1n) is 10.5. The first kappa shape index (κ1) is 26.0. The summed E-state index contributed by atoms with van der Waals surface area (Å²) in [5.41, 5.74) is 0. The highest BCUT2D eigenvalue weighted by Crippen LogP contribution is 2.24. The SMILES string of the molecule is CC1NC(=O)CC2/C=C/CCCSSCC(NC1=O)C(=O)NC(C)C(=O)NC(C)C(=O)O2. The molecule has 0 spiro atoms. The van der Waals surface area contributed by atoms with Gasteiger partial charge in [0.05, 0.1) is 6.42 Å². The van der Waals surface area contributed by atoms with Gasteiger partial charge in [-0.25, -0.2) is 4.79 Å². The second kappa shape index (κ2) is 12.7. The molecule has 5 atom stereocenters. The number of ether oxygens (including phenoxy) is 1. The Kier molecular flexibility index (Phi) is 10.4. The van der Waals surface area contributed by atoms with Crippen LogP contribution in [0.15, 0.2) is 12.2 Å². The van der Waals surface area contributed by atoms with E-state index in [2.05, 4.69) is 21.3 Å². The topological polar surface area (TPSA) is 143 Å². The molecule has 32 heavy (non-hydrogen) atoms. The van der Waals surface area contributed by atoms with Crippen molar-refractivity contribution >= 4 is 51.2 Å². The third kappa shape index (κ3) is 8.38. The number of allylic oxidation sites excluding steroid dienone is 1. The molecule has 12 heteroatoms. The van der Waals surface area contributed by atoms with Crippen LogP contribution >= 0.6 is 21.6 Å². The van der Waals surface area contributed by atoms with Gasteiger partial charge in [-0.15, -0.1) is 0 Å². The summed E-state index contributed by atoms with van der Waals surface area (Å²) >= 11 is 0. The van der Waals surface area contributed by atoms with Crippen molar-refractivity contribution in [3.8, 4) is 0 Å². The van der Waals surface area contributed by atoms with Crippen LogP contribution in [0.3, 0.4) is 0 Å². The Morgan fingerprint density at radius 1 is 0.844 bits per heavy atom. The normalized spacial score (nSPS) is 32.8. The minimum absolute atomic E-state index is 0.175. The Balaban J connectivity index is 2.37. The highest BCUT2D eigenvalue weighted by atomic mass is 33.1. The minimum atomic E-state index is -0.978. The second-order valence-corrected chi connectivity index (χ2v) is 10.3. The van der Waals surface area contributed by atoms with Crippen molar-refractivity contribution in [3.63, 3.8) is 0 Å². The van der Waals surface area contributed by atoms with Crippen LogP contribution in [0.4, 0.5) is 0 Å². The molecule has 0 saturated carbocycles. The Hall–Kier alpha value is -2.21. The number of fused-ring (bicyclic) bond motifs is 7. The number of carbonyl (C=O) groups is 5. The molecule has 2 aliphatic rings. The van der Waals surface area contributed by atoms with Gasteiger partial charge in [0.25, 0.3) is 0 Å². The lowest BCUT2D eigenvalue weighted by molar-refractivity contribution is -0.151. The second-order valence-electron chi connectivity index (χ2n) is 7.67. The van der Waals surface area contributed by atoms with E-state index in [-0.39, 0.29) is 12.2 Å². The molecule has 2 heterocycles. The predicted octanol–water partition coefficient (Wildman–Crippen LogP) is 0.0322. The lowest BCUT2D eigenvalue weighted by Gasteiger charge is -2.25. The van der Waals surface area contributed by atoms with Crippen LogP contribution in [0.25, 0.3) is 0 Å². The quantitative estimate of drug-likeness (QED) is 0.213. The molecule has 178 valence electrons. The van der Waals surface area contributed by atoms with E-state index in [1.54, 1.807) is 16.9 Å². The zero-order valence-electron chi connectivity index (χ0n) is 18.3. The van der Waals surface area contributed by atoms with Crippen LogP contribution in [0.1, 0.15) is 40.0 Å². The van der Waals surface area contributed by atoms with E-state index in [4.69, 9.17) is 4.74 Å². The molecule has 0 aromatic carbocycles. The summed E-state index contributed by atoms with van der Waals surface area (Å²) in [5, 5.41) is 10.3. The molecule has 5 unspecified atom stereocenters. The van der Waals surface area contributed by atoms with Gasteiger partial charge in [-0.3, -0.25) is 19.2 Å². The van der Waals surface area contributed by atoms with Gasteiger partial charge in [-0.05, 0) is 39.7 Å². The number of carbonyl (C=O) groups excluding carboxylic acids is 5. The average molecular weight is 487 g/mol. The summed E-state index contributed by atoms with van der Waals surface area (Å²) in [5.74, 6) is -1.71.